The molecule has 3 rings (SSSR count). The first kappa shape index (κ1) is 14.5. The van der Waals surface area contributed by atoms with E-state index in [0.29, 0.717) is 11.1 Å². The van der Waals surface area contributed by atoms with Crippen LogP contribution in [-0.4, -0.2) is 27.4 Å². The van der Waals surface area contributed by atoms with Crippen LogP contribution in [0.2, 0.25) is 0 Å². The molecule has 3 heterocycles. The van der Waals surface area contributed by atoms with Gasteiger partial charge in [0, 0.05) is 42.5 Å². The summed E-state index contributed by atoms with van der Waals surface area (Å²) in [4.78, 5) is 18.8. The Morgan fingerprint density at radius 3 is 3.05 bits per heavy atom. The summed E-state index contributed by atoms with van der Waals surface area (Å²) in [7, 11) is 1.67. The number of hydrogen-bond donors (Lipinski definition) is 1. The third-order valence-electron chi connectivity index (χ3n) is 3.55. The van der Waals surface area contributed by atoms with E-state index in [0.717, 1.165) is 15.9 Å². The van der Waals surface area contributed by atoms with Crippen molar-refractivity contribution in [2.75, 3.05) is 7.05 Å². The van der Waals surface area contributed by atoms with Gasteiger partial charge in [-0.05, 0) is 19.9 Å². The number of thiazole rings is 1. The summed E-state index contributed by atoms with van der Waals surface area (Å²) in [5.41, 5.74) is 7.24. The monoisotopic (exact) mass is 317 g/mol. The standard InChI is InChI=1S/C15H17N5OS.H2/c1-9-7-19-10(2)13-12(15(19)22-9)6-18-20(14(13)21)8-11(16)4-5-17-3;/h4-7H,8,16H2,1-3H3;1H/b11-4-,17-5?;. The molecule has 0 aliphatic rings. The number of aryl methyl sites for hydroxylation is 2. The second-order valence-corrected chi connectivity index (χ2v) is 6.38. The molecule has 0 aliphatic carbocycles. The first-order chi connectivity index (χ1) is 10.5. The number of nitrogens with zero attached hydrogens (tertiary/aromatic N) is 4. The number of aliphatic imine (C=N–C) groups is 1. The summed E-state index contributed by atoms with van der Waals surface area (Å²) >= 11 is 1.66. The molecule has 2 N–H and O–H groups in total. The van der Waals surface area contributed by atoms with Crippen molar-refractivity contribution in [3.63, 3.8) is 0 Å². The Kier molecular flexibility index (Phi) is 3.58. The highest BCUT2D eigenvalue weighted by atomic mass is 32.1. The number of fused-ring (bicyclic) bond motifs is 3. The highest BCUT2D eigenvalue weighted by Crippen LogP contribution is 2.29. The van der Waals surface area contributed by atoms with Crippen molar-refractivity contribution in [1.29, 1.82) is 0 Å². The first-order valence-corrected chi connectivity index (χ1v) is 7.68. The van der Waals surface area contributed by atoms with E-state index < -0.39 is 0 Å². The van der Waals surface area contributed by atoms with Gasteiger partial charge in [-0.2, -0.15) is 5.10 Å². The number of hydrogen-bond acceptors (Lipinski definition) is 5. The van der Waals surface area contributed by atoms with E-state index in [4.69, 9.17) is 5.73 Å². The smallest absolute Gasteiger partial charge is 0.276 e. The highest BCUT2D eigenvalue weighted by Gasteiger charge is 2.16. The molecule has 0 saturated heterocycles. The second-order valence-electron chi connectivity index (χ2n) is 5.15. The molecule has 0 radical (unpaired) electrons. The minimum absolute atomic E-state index is 0. The molecule has 0 saturated carbocycles. The van der Waals surface area contributed by atoms with Gasteiger partial charge in [-0.1, -0.05) is 0 Å². The van der Waals surface area contributed by atoms with Crippen LogP contribution in [0.4, 0.5) is 0 Å². The maximum atomic E-state index is 12.7. The van der Waals surface area contributed by atoms with Crippen molar-refractivity contribution in [2.45, 2.75) is 20.4 Å². The first-order valence-electron chi connectivity index (χ1n) is 6.86. The maximum absolute atomic E-state index is 12.7. The van der Waals surface area contributed by atoms with Crippen LogP contribution < -0.4 is 11.3 Å². The lowest BCUT2D eigenvalue weighted by molar-refractivity contribution is 0.636. The van der Waals surface area contributed by atoms with Crippen molar-refractivity contribution >= 4 is 33.2 Å². The number of nitrogens with two attached hydrogens (primary N) is 1. The summed E-state index contributed by atoms with van der Waals surface area (Å²) in [6, 6.07) is 0. The number of aromatic nitrogens is 3. The number of allylic oxidation sites excluding steroid dienone is 2. The maximum Gasteiger partial charge on any atom is 0.276 e. The molecule has 0 amide bonds. The molecule has 116 valence electrons. The second kappa shape index (κ2) is 5.42. The summed E-state index contributed by atoms with van der Waals surface area (Å²) < 4.78 is 3.45. The summed E-state index contributed by atoms with van der Waals surface area (Å²) in [5, 5.41) is 5.86. The zero-order valence-electron chi connectivity index (χ0n) is 12.7. The van der Waals surface area contributed by atoms with Crippen LogP contribution in [0, 0.1) is 13.8 Å². The number of rotatable bonds is 3. The molecule has 0 bridgehead atoms. The van der Waals surface area contributed by atoms with Gasteiger partial charge in [0.15, 0.2) is 0 Å². The molecule has 6 nitrogen and oxygen atoms in total. The van der Waals surface area contributed by atoms with Crippen LogP contribution >= 0.6 is 11.3 Å². The molecule has 0 atom stereocenters. The topological polar surface area (TPSA) is 77.7 Å². The molecule has 7 heteroatoms. The molecule has 0 aromatic carbocycles. The van der Waals surface area contributed by atoms with Gasteiger partial charge in [0.2, 0.25) is 0 Å². The molecule has 0 unspecified atom stereocenters. The van der Waals surface area contributed by atoms with Crippen LogP contribution in [0.3, 0.4) is 0 Å². The lowest BCUT2D eigenvalue weighted by atomic mass is 10.2. The Morgan fingerprint density at radius 2 is 2.32 bits per heavy atom. The van der Waals surface area contributed by atoms with Gasteiger partial charge in [0.1, 0.15) is 4.83 Å². The molecule has 22 heavy (non-hydrogen) atoms. The van der Waals surface area contributed by atoms with Crippen LogP contribution in [0.25, 0.3) is 15.6 Å². The minimum Gasteiger partial charge on any atom is -0.400 e. The van der Waals surface area contributed by atoms with E-state index in [9.17, 15) is 4.79 Å². The normalized spacial score (nSPS) is 13.0. The van der Waals surface area contributed by atoms with Crippen LogP contribution in [-0.2, 0) is 6.54 Å². The fraction of sp³-hybridized carbons (Fsp3) is 0.267. The van der Waals surface area contributed by atoms with Gasteiger partial charge in [0.05, 0.1) is 18.1 Å². The van der Waals surface area contributed by atoms with Crippen LogP contribution in [0.5, 0.6) is 0 Å². The summed E-state index contributed by atoms with van der Waals surface area (Å²) in [5.74, 6) is 0. The molecule has 3 aromatic heterocycles. The van der Waals surface area contributed by atoms with Gasteiger partial charge < -0.3 is 10.1 Å². The van der Waals surface area contributed by atoms with Gasteiger partial charge >= 0.3 is 0 Å². The van der Waals surface area contributed by atoms with E-state index in [2.05, 4.69) is 21.4 Å². The molecule has 3 aromatic rings. The van der Waals surface area contributed by atoms with Crippen molar-refractivity contribution in [2.24, 2.45) is 10.7 Å². The Morgan fingerprint density at radius 1 is 1.55 bits per heavy atom. The average Bonchev–Trinajstić information content (AvgIpc) is 2.98. The van der Waals surface area contributed by atoms with Crippen LogP contribution in [0.1, 0.15) is 12.0 Å². The zero-order chi connectivity index (χ0) is 15.9. The zero-order valence-corrected chi connectivity index (χ0v) is 13.5. The fourth-order valence-electron chi connectivity index (χ4n) is 2.53. The van der Waals surface area contributed by atoms with Gasteiger partial charge in [0.25, 0.3) is 5.56 Å². The lowest BCUT2D eigenvalue weighted by Crippen LogP contribution is -2.25. The Hall–Kier alpha value is -2.41. The van der Waals surface area contributed by atoms with Gasteiger partial charge in [-0.3, -0.25) is 9.79 Å². The van der Waals surface area contributed by atoms with Crippen molar-refractivity contribution in [3.05, 3.63) is 45.1 Å². The van der Waals surface area contributed by atoms with Gasteiger partial charge in [-0.25, -0.2) is 4.68 Å². The average molecular weight is 317 g/mol. The van der Waals surface area contributed by atoms with E-state index in [-0.39, 0.29) is 13.5 Å². The predicted molar refractivity (Wildman–Crippen MR) is 93.1 cm³/mol. The summed E-state index contributed by atoms with van der Waals surface area (Å²) in [6.07, 6.45) is 7.06. The van der Waals surface area contributed by atoms with E-state index in [1.165, 1.54) is 9.56 Å². The Labute approximate surface area is 132 Å². The predicted octanol–water partition coefficient (Wildman–Crippen LogP) is 2.12. The minimum atomic E-state index is -0.117. The molecular weight excluding hydrogens is 298 g/mol. The Bertz CT molecular complexity index is 979. The van der Waals surface area contributed by atoms with Crippen LogP contribution in [0.15, 0.2) is 34.0 Å². The van der Waals surface area contributed by atoms with Gasteiger partial charge in [-0.15, -0.1) is 11.3 Å². The molecule has 0 aliphatic heterocycles. The molecule has 0 spiro atoms. The fourth-order valence-corrected chi connectivity index (χ4v) is 3.55. The lowest BCUT2D eigenvalue weighted by Gasteiger charge is -2.04. The van der Waals surface area contributed by atoms with Crippen molar-refractivity contribution in [1.82, 2.24) is 14.2 Å². The molecular formula is C15H19N5OS. The largest absolute Gasteiger partial charge is 0.400 e. The van der Waals surface area contributed by atoms with Crippen molar-refractivity contribution < 1.29 is 1.43 Å². The summed E-state index contributed by atoms with van der Waals surface area (Å²) in [6.45, 7) is 4.26. The highest BCUT2D eigenvalue weighted by molar-refractivity contribution is 7.18. The third-order valence-corrected chi connectivity index (χ3v) is 4.59. The quantitative estimate of drug-likeness (QED) is 0.752. The van der Waals surface area contributed by atoms with E-state index in [1.807, 2.05) is 13.1 Å². The Balaban J connectivity index is 0.00000192. The van der Waals surface area contributed by atoms with E-state index in [1.54, 1.807) is 36.9 Å². The molecule has 0 fully saturated rings. The van der Waals surface area contributed by atoms with E-state index >= 15 is 0 Å². The van der Waals surface area contributed by atoms with Crippen molar-refractivity contribution in [3.8, 4) is 0 Å². The SMILES string of the molecule is CN=C/C=C(\N)Cn1ncc2c(c(C)n3cc(C)sc23)c1=O.[HH]. The third kappa shape index (κ3) is 2.23.